The number of rotatable bonds is 7. The van der Waals surface area contributed by atoms with Gasteiger partial charge in [-0.25, -0.2) is 13.6 Å². The van der Waals surface area contributed by atoms with Crippen LogP contribution < -0.4 is 14.6 Å². The molecule has 8 heteroatoms. The lowest BCUT2D eigenvalue weighted by Gasteiger charge is -2.31. The summed E-state index contributed by atoms with van der Waals surface area (Å²) in [5, 5.41) is 5.31. The standard InChI is InChI=1S/C27H29NO6S/c1-27(2,26(29)33-4)15-17-7-5-8-19(13-17)25-21-14-18(16-35(28,30)31)11-12-20(21)24-22(32-3)9-6-10-23(24)34-25/h5-14,25H,15-16H2,1-4H3,(H2,28,30,31). The summed E-state index contributed by atoms with van der Waals surface area (Å²) in [6, 6.07) is 18.9. The van der Waals surface area contributed by atoms with E-state index >= 15 is 0 Å². The fourth-order valence-electron chi connectivity index (χ4n) is 4.59. The molecule has 2 N–H and O–H groups in total. The number of fused-ring (bicyclic) bond motifs is 3. The van der Waals surface area contributed by atoms with Gasteiger partial charge in [0.2, 0.25) is 10.0 Å². The van der Waals surface area contributed by atoms with E-state index in [1.807, 2.05) is 68.4 Å². The quantitative estimate of drug-likeness (QED) is 0.488. The van der Waals surface area contributed by atoms with E-state index in [1.165, 1.54) is 7.11 Å². The van der Waals surface area contributed by atoms with Gasteiger partial charge in [0.05, 0.1) is 31.0 Å². The molecule has 1 atom stereocenters. The van der Waals surface area contributed by atoms with Crippen molar-refractivity contribution in [2.45, 2.75) is 32.1 Å². The highest BCUT2D eigenvalue weighted by Gasteiger charge is 2.32. The number of carbonyl (C=O) groups is 1. The van der Waals surface area contributed by atoms with Gasteiger partial charge in [-0.3, -0.25) is 4.79 Å². The van der Waals surface area contributed by atoms with Gasteiger partial charge >= 0.3 is 5.97 Å². The number of hydrogen-bond acceptors (Lipinski definition) is 6. The molecule has 0 aliphatic carbocycles. The average Bonchev–Trinajstić information content (AvgIpc) is 2.81. The highest BCUT2D eigenvalue weighted by molar-refractivity contribution is 7.88. The predicted octanol–water partition coefficient (Wildman–Crippen LogP) is 4.37. The predicted molar refractivity (Wildman–Crippen MR) is 134 cm³/mol. The first-order valence-corrected chi connectivity index (χ1v) is 12.9. The molecule has 1 heterocycles. The summed E-state index contributed by atoms with van der Waals surface area (Å²) in [6.07, 6.45) is -0.00519. The lowest BCUT2D eigenvalue weighted by Crippen LogP contribution is -2.28. The highest BCUT2D eigenvalue weighted by Crippen LogP contribution is 2.49. The first-order valence-electron chi connectivity index (χ1n) is 11.2. The third-order valence-corrected chi connectivity index (χ3v) is 6.86. The molecule has 35 heavy (non-hydrogen) atoms. The van der Waals surface area contributed by atoms with Crippen molar-refractivity contribution >= 4 is 16.0 Å². The van der Waals surface area contributed by atoms with Gasteiger partial charge < -0.3 is 14.2 Å². The SMILES string of the molecule is COC(=O)C(C)(C)Cc1cccc(C2Oc3cccc(OC)c3-c3ccc(CS(N)(=O)=O)cc32)c1. The fraction of sp³-hybridized carbons (Fsp3) is 0.296. The Hall–Kier alpha value is -3.36. The molecule has 0 radical (unpaired) electrons. The van der Waals surface area contributed by atoms with Gasteiger partial charge in [-0.05, 0) is 54.7 Å². The molecule has 0 spiro atoms. The van der Waals surface area contributed by atoms with E-state index in [-0.39, 0.29) is 11.7 Å². The zero-order valence-corrected chi connectivity index (χ0v) is 21.0. The van der Waals surface area contributed by atoms with Crippen molar-refractivity contribution in [3.8, 4) is 22.6 Å². The van der Waals surface area contributed by atoms with Crippen LogP contribution in [0.15, 0.2) is 60.7 Å². The highest BCUT2D eigenvalue weighted by atomic mass is 32.2. The molecule has 7 nitrogen and oxygen atoms in total. The van der Waals surface area contributed by atoms with Crippen molar-refractivity contribution in [3.05, 3.63) is 82.9 Å². The largest absolute Gasteiger partial charge is 0.496 e. The molecule has 0 amide bonds. The second-order valence-corrected chi connectivity index (χ2v) is 11.0. The molecular formula is C27H29NO6S. The Balaban J connectivity index is 1.82. The molecule has 4 rings (SSSR count). The van der Waals surface area contributed by atoms with E-state index in [9.17, 15) is 13.2 Å². The first kappa shape index (κ1) is 24.8. The normalized spacial score (nSPS) is 14.9. The number of sulfonamides is 1. The smallest absolute Gasteiger partial charge is 0.311 e. The molecule has 184 valence electrons. The molecule has 3 aromatic rings. The lowest BCUT2D eigenvalue weighted by molar-refractivity contribution is -0.150. The fourth-order valence-corrected chi connectivity index (χ4v) is 5.23. The van der Waals surface area contributed by atoms with Gasteiger partial charge in [0.15, 0.2) is 0 Å². The zero-order valence-electron chi connectivity index (χ0n) is 20.2. The number of esters is 1. The maximum Gasteiger partial charge on any atom is 0.311 e. The van der Waals surface area contributed by atoms with Crippen molar-refractivity contribution in [2.75, 3.05) is 14.2 Å². The summed E-state index contributed by atoms with van der Waals surface area (Å²) in [5.74, 6) is 0.770. The molecule has 0 bridgehead atoms. The molecule has 0 saturated heterocycles. The van der Waals surface area contributed by atoms with Gasteiger partial charge in [-0.1, -0.05) is 48.5 Å². The Morgan fingerprint density at radius 1 is 1.03 bits per heavy atom. The molecule has 0 saturated carbocycles. The molecule has 0 fully saturated rings. The maximum absolute atomic E-state index is 12.2. The van der Waals surface area contributed by atoms with E-state index in [0.717, 1.165) is 27.8 Å². The van der Waals surface area contributed by atoms with Crippen molar-refractivity contribution in [1.82, 2.24) is 0 Å². The Labute approximate surface area is 205 Å². The number of carbonyl (C=O) groups excluding carboxylic acids is 1. The van der Waals surface area contributed by atoms with Crippen molar-refractivity contribution in [1.29, 1.82) is 0 Å². The van der Waals surface area contributed by atoms with Gasteiger partial charge in [-0.2, -0.15) is 0 Å². The van der Waals surface area contributed by atoms with E-state index in [4.69, 9.17) is 19.3 Å². The number of methoxy groups -OCH3 is 2. The second-order valence-electron chi connectivity index (χ2n) is 9.36. The number of nitrogens with two attached hydrogens (primary N) is 1. The summed E-state index contributed by atoms with van der Waals surface area (Å²) in [7, 11) is -0.719. The van der Waals surface area contributed by atoms with Crippen LogP contribution in [0.25, 0.3) is 11.1 Å². The van der Waals surface area contributed by atoms with E-state index in [1.54, 1.807) is 13.2 Å². The van der Waals surface area contributed by atoms with Crippen LogP contribution in [0.4, 0.5) is 0 Å². The Kier molecular flexibility index (Phi) is 6.62. The molecule has 1 aliphatic heterocycles. The molecule has 0 aromatic heterocycles. The average molecular weight is 496 g/mol. The van der Waals surface area contributed by atoms with Gasteiger partial charge in [0.1, 0.15) is 17.6 Å². The van der Waals surface area contributed by atoms with Crippen LogP contribution >= 0.6 is 0 Å². The summed E-state index contributed by atoms with van der Waals surface area (Å²) in [6.45, 7) is 3.69. The van der Waals surface area contributed by atoms with Crippen LogP contribution in [0, 0.1) is 5.41 Å². The Bertz CT molecular complexity index is 1380. The molecule has 3 aromatic carbocycles. The second kappa shape index (κ2) is 9.36. The Morgan fingerprint density at radius 3 is 2.46 bits per heavy atom. The summed E-state index contributed by atoms with van der Waals surface area (Å²) in [4.78, 5) is 12.2. The summed E-state index contributed by atoms with van der Waals surface area (Å²) < 4.78 is 40.6. The molecular weight excluding hydrogens is 466 g/mol. The first-order chi connectivity index (χ1) is 16.5. The third kappa shape index (κ3) is 5.18. The molecule has 1 aliphatic rings. The van der Waals surface area contributed by atoms with Crippen LogP contribution in [0.3, 0.4) is 0 Å². The number of primary sulfonamides is 1. The van der Waals surface area contributed by atoms with Gasteiger partial charge in [-0.15, -0.1) is 0 Å². The zero-order chi connectivity index (χ0) is 25.4. The van der Waals surface area contributed by atoms with Crippen LogP contribution in [0.2, 0.25) is 0 Å². The van der Waals surface area contributed by atoms with Crippen LogP contribution in [0.5, 0.6) is 11.5 Å². The monoisotopic (exact) mass is 495 g/mol. The van der Waals surface area contributed by atoms with Crippen molar-refractivity contribution in [3.63, 3.8) is 0 Å². The third-order valence-electron chi connectivity index (χ3n) is 6.13. The minimum absolute atomic E-state index is 0.279. The maximum atomic E-state index is 12.2. The van der Waals surface area contributed by atoms with Gasteiger partial charge in [0, 0.05) is 5.56 Å². The number of hydrogen-bond donors (Lipinski definition) is 1. The molecule has 1 unspecified atom stereocenters. The van der Waals surface area contributed by atoms with Gasteiger partial charge in [0.25, 0.3) is 0 Å². The van der Waals surface area contributed by atoms with E-state index in [0.29, 0.717) is 23.5 Å². The minimum Gasteiger partial charge on any atom is -0.496 e. The minimum atomic E-state index is -3.71. The van der Waals surface area contributed by atoms with Crippen molar-refractivity contribution < 1.29 is 27.4 Å². The summed E-state index contributed by atoms with van der Waals surface area (Å²) in [5.41, 5.74) is 4.24. The van der Waals surface area contributed by atoms with Crippen molar-refractivity contribution in [2.24, 2.45) is 10.6 Å². The number of ether oxygens (including phenoxy) is 3. The number of benzene rings is 3. The topological polar surface area (TPSA) is 105 Å². The van der Waals surface area contributed by atoms with Crippen LogP contribution in [-0.2, 0) is 31.7 Å². The van der Waals surface area contributed by atoms with E-state index < -0.39 is 21.5 Å². The van der Waals surface area contributed by atoms with Crippen LogP contribution in [-0.4, -0.2) is 28.6 Å². The van der Waals surface area contributed by atoms with Crippen LogP contribution in [0.1, 0.15) is 42.2 Å². The Morgan fingerprint density at radius 2 is 1.77 bits per heavy atom. The summed E-state index contributed by atoms with van der Waals surface area (Å²) >= 11 is 0. The lowest BCUT2D eigenvalue weighted by atomic mass is 9.84. The van der Waals surface area contributed by atoms with E-state index in [2.05, 4.69) is 0 Å².